The maximum absolute atomic E-state index is 4.09. The van der Waals surface area contributed by atoms with Crippen LogP contribution in [0.2, 0.25) is 0 Å². The zero-order valence-electron chi connectivity index (χ0n) is 9.83. The molecule has 0 aromatic heterocycles. The predicted molar refractivity (Wildman–Crippen MR) is 68.2 cm³/mol. The van der Waals surface area contributed by atoms with Crippen LogP contribution in [0.25, 0.3) is 0 Å². The molecule has 0 atom stereocenters. The van der Waals surface area contributed by atoms with Gasteiger partial charge in [-0.1, -0.05) is 18.5 Å². The van der Waals surface area contributed by atoms with Crippen molar-refractivity contribution in [3.63, 3.8) is 0 Å². The molecule has 0 saturated carbocycles. The Kier molecular flexibility index (Phi) is 4.41. The minimum absolute atomic E-state index is 0.945. The first-order valence-corrected chi connectivity index (χ1v) is 8.22. The highest BCUT2D eigenvalue weighted by atomic mass is 28.3. The lowest BCUT2D eigenvalue weighted by atomic mass is 10.2. The summed E-state index contributed by atoms with van der Waals surface area (Å²) < 4.78 is 5.50. The van der Waals surface area contributed by atoms with Crippen LogP contribution in [0.1, 0.15) is 38.5 Å². The van der Waals surface area contributed by atoms with Crippen molar-refractivity contribution in [2.45, 2.75) is 38.5 Å². The van der Waals surface area contributed by atoms with Crippen LogP contribution in [0.4, 0.5) is 0 Å². The summed E-state index contributed by atoms with van der Waals surface area (Å²) in [4.78, 5) is 0. The molecule has 2 aliphatic heterocycles. The van der Waals surface area contributed by atoms with Crippen molar-refractivity contribution in [2.75, 3.05) is 26.2 Å². The van der Waals surface area contributed by atoms with Gasteiger partial charge in [0.1, 0.15) is 0 Å². The molecule has 15 heavy (non-hydrogen) atoms. The maximum atomic E-state index is 4.09. The van der Waals surface area contributed by atoms with Gasteiger partial charge in [-0.3, -0.25) is 0 Å². The molecule has 2 heterocycles. The molecule has 2 nitrogen and oxygen atoms in total. The summed E-state index contributed by atoms with van der Waals surface area (Å²) in [5.41, 5.74) is 2.29. The molecule has 2 fully saturated rings. The Labute approximate surface area is 95.7 Å². The largest absolute Gasteiger partial charge is 0.311 e. The van der Waals surface area contributed by atoms with Crippen molar-refractivity contribution in [3.05, 3.63) is 12.3 Å². The van der Waals surface area contributed by atoms with Gasteiger partial charge in [0.25, 0.3) is 0 Å². The smallest absolute Gasteiger partial charge is 0.215 e. The summed E-state index contributed by atoms with van der Waals surface area (Å²) >= 11 is 0. The third-order valence-electron chi connectivity index (χ3n) is 3.74. The van der Waals surface area contributed by atoms with Crippen LogP contribution in [-0.2, 0) is 0 Å². The van der Waals surface area contributed by atoms with Crippen LogP contribution in [0.15, 0.2) is 12.3 Å². The summed E-state index contributed by atoms with van der Waals surface area (Å²) in [6.45, 7) is 9.42. The Morgan fingerprint density at radius 2 is 1.13 bits per heavy atom. The molecular weight excluding hydrogens is 200 g/mol. The molecule has 0 radical (unpaired) electrons. The highest BCUT2D eigenvalue weighted by Gasteiger charge is 2.26. The van der Waals surface area contributed by atoms with Crippen molar-refractivity contribution in [1.82, 2.24) is 9.13 Å². The van der Waals surface area contributed by atoms with Crippen LogP contribution in [0, 0.1) is 0 Å². The van der Waals surface area contributed by atoms with Crippen molar-refractivity contribution in [1.29, 1.82) is 0 Å². The summed E-state index contributed by atoms with van der Waals surface area (Å²) in [7, 11) is -0.945. The average molecular weight is 224 g/mol. The second-order valence-electron chi connectivity index (χ2n) is 4.84. The lowest BCUT2D eigenvalue weighted by Crippen LogP contribution is -2.54. The highest BCUT2D eigenvalue weighted by molar-refractivity contribution is 6.58. The summed E-state index contributed by atoms with van der Waals surface area (Å²) in [5, 5.41) is 0. The summed E-state index contributed by atoms with van der Waals surface area (Å²) in [6.07, 6.45) is 8.51. The Morgan fingerprint density at radius 1 is 0.733 bits per heavy atom. The van der Waals surface area contributed by atoms with Gasteiger partial charge in [-0.15, -0.1) is 6.58 Å². The number of nitrogens with zero attached hydrogens (tertiary/aromatic N) is 2. The van der Waals surface area contributed by atoms with Crippen molar-refractivity contribution in [3.8, 4) is 0 Å². The first-order chi connectivity index (χ1) is 7.42. The molecule has 2 saturated heterocycles. The van der Waals surface area contributed by atoms with Crippen LogP contribution >= 0.6 is 0 Å². The van der Waals surface area contributed by atoms with E-state index in [-0.39, 0.29) is 0 Å². The molecule has 0 aromatic rings. The van der Waals surface area contributed by atoms with Crippen LogP contribution < -0.4 is 0 Å². The minimum Gasteiger partial charge on any atom is -0.311 e. The van der Waals surface area contributed by atoms with E-state index in [0.717, 1.165) is 0 Å². The number of piperidine rings is 2. The second kappa shape index (κ2) is 5.82. The fourth-order valence-electron chi connectivity index (χ4n) is 2.89. The Morgan fingerprint density at radius 3 is 1.47 bits per heavy atom. The Bertz CT molecular complexity index is 178. The number of hydrogen-bond acceptors (Lipinski definition) is 2. The predicted octanol–water partition coefficient (Wildman–Crippen LogP) is 1.90. The van der Waals surface area contributed by atoms with E-state index in [4.69, 9.17) is 0 Å². The standard InChI is InChI=1S/C12H24N2Si/c1-2-15(13-9-5-3-6-10-13)14-11-7-4-8-12-14/h2,15H,1,3-12H2. The molecule has 0 N–H and O–H groups in total. The maximum Gasteiger partial charge on any atom is 0.215 e. The fraction of sp³-hybridized carbons (Fsp3) is 0.833. The van der Waals surface area contributed by atoms with Gasteiger partial charge in [-0.2, -0.15) is 0 Å². The summed E-state index contributed by atoms with van der Waals surface area (Å²) in [5.74, 6) is 0. The summed E-state index contributed by atoms with van der Waals surface area (Å²) in [6, 6.07) is 0. The highest BCUT2D eigenvalue weighted by Crippen LogP contribution is 2.17. The van der Waals surface area contributed by atoms with E-state index in [9.17, 15) is 0 Å². The molecule has 86 valence electrons. The first-order valence-electron chi connectivity index (χ1n) is 6.52. The topological polar surface area (TPSA) is 6.48 Å². The van der Waals surface area contributed by atoms with Crippen molar-refractivity contribution < 1.29 is 0 Å². The van der Waals surface area contributed by atoms with Crippen molar-refractivity contribution in [2.24, 2.45) is 0 Å². The minimum atomic E-state index is -0.945. The molecular formula is C12H24N2Si. The lowest BCUT2D eigenvalue weighted by Gasteiger charge is -2.40. The average Bonchev–Trinajstić information content (AvgIpc) is 2.33. The Balaban J connectivity index is 1.91. The van der Waals surface area contributed by atoms with E-state index in [1.165, 1.54) is 64.7 Å². The monoisotopic (exact) mass is 224 g/mol. The third kappa shape index (κ3) is 2.92. The Hall–Kier alpha value is -0.123. The van der Waals surface area contributed by atoms with Gasteiger partial charge in [0.2, 0.25) is 9.12 Å². The van der Waals surface area contributed by atoms with E-state index < -0.39 is 9.12 Å². The van der Waals surface area contributed by atoms with Gasteiger partial charge in [0.05, 0.1) is 0 Å². The van der Waals surface area contributed by atoms with E-state index >= 15 is 0 Å². The van der Waals surface area contributed by atoms with E-state index in [2.05, 4.69) is 21.4 Å². The normalized spacial score (nSPS) is 25.7. The molecule has 3 heteroatoms. The fourth-order valence-corrected chi connectivity index (χ4v) is 5.74. The van der Waals surface area contributed by atoms with Gasteiger partial charge in [0.15, 0.2) is 0 Å². The number of rotatable bonds is 3. The van der Waals surface area contributed by atoms with Crippen LogP contribution in [-0.4, -0.2) is 44.4 Å². The van der Waals surface area contributed by atoms with E-state index in [0.29, 0.717) is 0 Å². The van der Waals surface area contributed by atoms with Gasteiger partial charge < -0.3 is 9.13 Å². The van der Waals surface area contributed by atoms with Crippen LogP contribution in [0.3, 0.4) is 0 Å². The molecule has 0 spiro atoms. The second-order valence-corrected chi connectivity index (χ2v) is 7.60. The lowest BCUT2D eigenvalue weighted by molar-refractivity contribution is 0.284. The van der Waals surface area contributed by atoms with Crippen LogP contribution in [0.5, 0.6) is 0 Å². The van der Waals surface area contributed by atoms with Gasteiger partial charge in [0, 0.05) is 0 Å². The molecule has 0 aromatic carbocycles. The first kappa shape index (κ1) is 11.4. The zero-order valence-corrected chi connectivity index (χ0v) is 11.0. The molecule has 2 aliphatic rings. The zero-order chi connectivity index (χ0) is 10.5. The molecule has 0 bridgehead atoms. The van der Waals surface area contributed by atoms with E-state index in [1.54, 1.807) is 0 Å². The molecule has 2 rings (SSSR count). The SMILES string of the molecule is C=C[SiH](N1CCCCC1)N1CCCCC1. The molecule has 0 unspecified atom stereocenters. The quantitative estimate of drug-likeness (QED) is 0.676. The molecule has 0 aliphatic carbocycles. The van der Waals surface area contributed by atoms with Gasteiger partial charge in [-0.25, -0.2) is 0 Å². The number of hydrogen-bond donors (Lipinski definition) is 0. The van der Waals surface area contributed by atoms with Crippen molar-refractivity contribution >= 4 is 9.12 Å². The van der Waals surface area contributed by atoms with Gasteiger partial charge in [-0.05, 0) is 51.9 Å². The molecule has 0 amide bonds. The third-order valence-corrected chi connectivity index (χ3v) is 6.69. The van der Waals surface area contributed by atoms with E-state index in [1.807, 2.05) is 0 Å². The van der Waals surface area contributed by atoms with Gasteiger partial charge >= 0.3 is 0 Å².